The number of aromatic nitrogens is 3. The topological polar surface area (TPSA) is 71.8 Å². The zero-order valence-corrected chi connectivity index (χ0v) is 11.6. The lowest BCUT2D eigenvalue weighted by molar-refractivity contribution is -0.120. The first kappa shape index (κ1) is 12.5. The number of fused-ring (bicyclic) bond motifs is 2. The molecule has 4 rings (SSSR count). The number of carbonyl (C=O) groups excluding carboxylic acids is 1. The maximum absolute atomic E-state index is 12.3. The van der Waals surface area contributed by atoms with Gasteiger partial charge in [-0.05, 0) is 31.4 Å². The predicted molar refractivity (Wildman–Crippen MR) is 78.0 cm³/mol. The van der Waals surface area contributed by atoms with Crippen molar-refractivity contribution >= 4 is 11.6 Å². The van der Waals surface area contributed by atoms with Crippen LogP contribution in [-0.2, 0) is 4.79 Å². The van der Waals surface area contributed by atoms with Crippen molar-refractivity contribution in [3.05, 3.63) is 37.1 Å². The molecule has 2 aliphatic heterocycles. The molecular weight excluding hydrogens is 266 g/mol. The fourth-order valence-corrected chi connectivity index (χ4v) is 3.36. The number of anilines is 1. The molecule has 6 nitrogen and oxygen atoms in total. The van der Waals surface area contributed by atoms with Crippen molar-refractivity contribution in [2.24, 2.45) is 5.92 Å². The summed E-state index contributed by atoms with van der Waals surface area (Å²) in [6.45, 7) is 0. The van der Waals surface area contributed by atoms with Crippen LogP contribution in [0.3, 0.4) is 0 Å². The summed E-state index contributed by atoms with van der Waals surface area (Å²) in [5.74, 6) is 0.982. The van der Waals surface area contributed by atoms with Gasteiger partial charge in [0.1, 0.15) is 12.1 Å². The molecule has 2 aliphatic rings. The number of hydrogen-bond acceptors (Lipinski definition) is 4. The second kappa shape index (κ2) is 4.96. The van der Waals surface area contributed by atoms with Gasteiger partial charge in [-0.25, -0.2) is 9.97 Å². The molecule has 0 aromatic carbocycles. The summed E-state index contributed by atoms with van der Waals surface area (Å²) in [6.07, 6.45) is 10.2. The van der Waals surface area contributed by atoms with Gasteiger partial charge in [0.25, 0.3) is 0 Å². The Labute approximate surface area is 122 Å². The summed E-state index contributed by atoms with van der Waals surface area (Å²) in [4.78, 5) is 20.7. The molecular formula is C15H17N5O. The third-order valence-electron chi connectivity index (χ3n) is 4.42. The van der Waals surface area contributed by atoms with Gasteiger partial charge in [0.2, 0.25) is 5.91 Å². The molecule has 4 heterocycles. The molecule has 2 N–H and O–H groups in total. The third kappa shape index (κ3) is 2.31. The smallest absolute Gasteiger partial charge is 0.229 e. The lowest BCUT2D eigenvalue weighted by Gasteiger charge is -2.19. The average Bonchev–Trinajstić information content (AvgIpc) is 3.25. The Morgan fingerprint density at radius 2 is 2.33 bits per heavy atom. The number of nitrogens with one attached hydrogen (secondary N) is 2. The van der Waals surface area contributed by atoms with Crippen LogP contribution in [0.5, 0.6) is 0 Å². The molecule has 0 spiro atoms. The van der Waals surface area contributed by atoms with Crippen molar-refractivity contribution in [3.63, 3.8) is 0 Å². The van der Waals surface area contributed by atoms with Crippen molar-refractivity contribution < 1.29 is 4.79 Å². The number of rotatable bonds is 3. The number of amides is 1. The highest BCUT2D eigenvalue weighted by Crippen LogP contribution is 2.33. The first-order valence-electron chi connectivity index (χ1n) is 7.31. The van der Waals surface area contributed by atoms with Gasteiger partial charge >= 0.3 is 0 Å². The monoisotopic (exact) mass is 283 g/mol. The third-order valence-corrected chi connectivity index (χ3v) is 4.42. The van der Waals surface area contributed by atoms with E-state index in [-0.39, 0.29) is 11.8 Å². The molecule has 0 aliphatic carbocycles. The van der Waals surface area contributed by atoms with Crippen LogP contribution in [0.4, 0.5) is 5.69 Å². The predicted octanol–water partition coefficient (Wildman–Crippen LogP) is 1.35. The minimum atomic E-state index is 0.0945. The molecule has 2 aromatic rings. The molecule has 108 valence electrons. The Kier molecular flexibility index (Phi) is 2.96. The van der Waals surface area contributed by atoms with Crippen molar-refractivity contribution in [1.82, 2.24) is 19.9 Å². The van der Waals surface area contributed by atoms with Gasteiger partial charge in [-0.3, -0.25) is 9.36 Å². The van der Waals surface area contributed by atoms with E-state index in [1.54, 1.807) is 18.7 Å². The summed E-state index contributed by atoms with van der Waals surface area (Å²) in [5, 5.41) is 6.46. The molecule has 2 saturated heterocycles. The second-order valence-corrected chi connectivity index (χ2v) is 5.75. The van der Waals surface area contributed by atoms with Crippen LogP contribution in [0, 0.1) is 5.92 Å². The molecule has 2 fully saturated rings. The van der Waals surface area contributed by atoms with Crippen LogP contribution < -0.4 is 10.6 Å². The van der Waals surface area contributed by atoms with Crippen LogP contribution >= 0.6 is 0 Å². The number of carbonyl (C=O) groups is 1. The SMILES string of the molecule is O=C(Nc1ccc(-n2ccnc2)nc1)C1CC2CCC1N2. The van der Waals surface area contributed by atoms with E-state index in [9.17, 15) is 4.79 Å². The van der Waals surface area contributed by atoms with E-state index in [4.69, 9.17) is 0 Å². The molecule has 0 radical (unpaired) electrons. The molecule has 1 amide bonds. The van der Waals surface area contributed by atoms with Gasteiger partial charge in [0.15, 0.2) is 0 Å². The van der Waals surface area contributed by atoms with Gasteiger partial charge in [-0.15, -0.1) is 0 Å². The number of hydrogen-bond donors (Lipinski definition) is 2. The highest BCUT2D eigenvalue weighted by Gasteiger charge is 2.42. The summed E-state index contributed by atoms with van der Waals surface area (Å²) in [6, 6.07) is 4.64. The molecule has 6 heteroatoms. The van der Waals surface area contributed by atoms with Crippen LogP contribution in [0.15, 0.2) is 37.1 Å². The summed E-state index contributed by atoms with van der Waals surface area (Å²) in [5.41, 5.74) is 0.742. The van der Waals surface area contributed by atoms with Gasteiger partial charge in [0, 0.05) is 24.5 Å². The summed E-state index contributed by atoms with van der Waals surface area (Å²) in [7, 11) is 0. The van der Waals surface area contributed by atoms with Gasteiger partial charge in [0.05, 0.1) is 17.8 Å². The first-order chi connectivity index (χ1) is 10.3. The van der Waals surface area contributed by atoms with E-state index in [0.717, 1.165) is 24.3 Å². The van der Waals surface area contributed by atoms with E-state index in [0.29, 0.717) is 12.1 Å². The lowest BCUT2D eigenvalue weighted by atomic mass is 9.88. The van der Waals surface area contributed by atoms with Crippen LogP contribution in [-0.4, -0.2) is 32.5 Å². The summed E-state index contributed by atoms with van der Waals surface area (Å²) >= 11 is 0. The van der Waals surface area contributed by atoms with E-state index in [1.807, 2.05) is 22.9 Å². The minimum Gasteiger partial charge on any atom is -0.324 e. The largest absolute Gasteiger partial charge is 0.324 e. The Hall–Kier alpha value is -2.21. The number of imidazole rings is 1. The zero-order chi connectivity index (χ0) is 14.2. The summed E-state index contributed by atoms with van der Waals surface area (Å²) < 4.78 is 1.82. The first-order valence-corrected chi connectivity index (χ1v) is 7.31. The molecule has 21 heavy (non-hydrogen) atoms. The normalized spacial score (nSPS) is 27.0. The standard InChI is InChI=1S/C15H17N5O/c21-15(12-7-10-1-3-13(12)18-10)19-11-2-4-14(17-8-11)20-6-5-16-9-20/h2,4-6,8-10,12-13,18H,1,3,7H2,(H,19,21). The second-order valence-electron chi connectivity index (χ2n) is 5.75. The van der Waals surface area contributed by atoms with Crippen LogP contribution in [0.25, 0.3) is 5.82 Å². The van der Waals surface area contributed by atoms with E-state index in [1.165, 1.54) is 6.42 Å². The average molecular weight is 283 g/mol. The fraction of sp³-hybridized carbons (Fsp3) is 0.400. The Morgan fingerprint density at radius 1 is 1.38 bits per heavy atom. The highest BCUT2D eigenvalue weighted by atomic mass is 16.2. The van der Waals surface area contributed by atoms with Crippen molar-refractivity contribution in [1.29, 1.82) is 0 Å². The van der Waals surface area contributed by atoms with Crippen molar-refractivity contribution in [2.45, 2.75) is 31.3 Å². The highest BCUT2D eigenvalue weighted by molar-refractivity contribution is 5.93. The van der Waals surface area contributed by atoms with E-state index >= 15 is 0 Å². The Bertz CT molecular complexity index is 637. The molecule has 3 unspecified atom stereocenters. The van der Waals surface area contributed by atoms with Gasteiger partial charge < -0.3 is 10.6 Å². The maximum atomic E-state index is 12.3. The molecule has 2 aromatic heterocycles. The Morgan fingerprint density at radius 3 is 2.95 bits per heavy atom. The van der Waals surface area contributed by atoms with Gasteiger partial charge in [-0.1, -0.05) is 0 Å². The van der Waals surface area contributed by atoms with Crippen LogP contribution in [0.2, 0.25) is 0 Å². The van der Waals surface area contributed by atoms with Crippen LogP contribution in [0.1, 0.15) is 19.3 Å². The number of pyridine rings is 1. The molecule has 3 atom stereocenters. The molecule has 2 bridgehead atoms. The minimum absolute atomic E-state index is 0.0945. The van der Waals surface area contributed by atoms with Crippen molar-refractivity contribution in [2.75, 3.05) is 5.32 Å². The Balaban J connectivity index is 1.44. The van der Waals surface area contributed by atoms with Crippen molar-refractivity contribution in [3.8, 4) is 5.82 Å². The van der Waals surface area contributed by atoms with Gasteiger partial charge in [-0.2, -0.15) is 0 Å². The fourth-order valence-electron chi connectivity index (χ4n) is 3.36. The zero-order valence-electron chi connectivity index (χ0n) is 11.6. The number of nitrogens with zero attached hydrogens (tertiary/aromatic N) is 3. The molecule has 0 saturated carbocycles. The maximum Gasteiger partial charge on any atom is 0.229 e. The quantitative estimate of drug-likeness (QED) is 0.892. The van der Waals surface area contributed by atoms with E-state index < -0.39 is 0 Å². The van der Waals surface area contributed by atoms with E-state index in [2.05, 4.69) is 20.6 Å². The lowest BCUT2D eigenvalue weighted by Crippen LogP contribution is -2.32.